The molecule has 0 N–H and O–H groups in total. The first-order chi connectivity index (χ1) is 12.3. The van der Waals surface area contributed by atoms with Gasteiger partial charge in [0.25, 0.3) is 0 Å². The largest absolute Gasteiger partial charge is 0.495 e. The van der Waals surface area contributed by atoms with Crippen molar-refractivity contribution in [3.63, 3.8) is 0 Å². The van der Waals surface area contributed by atoms with E-state index < -0.39 is 9.84 Å². The molecule has 1 aromatic rings. The minimum Gasteiger partial charge on any atom is -0.495 e. The van der Waals surface area contributed by atoms with Crippen LogP contribution >= 0.6 is 23.4 Å². The molecule has 0 aliphatic carbocycles. The molecule has 0 radical (unpaired) electrons. The van der Waals surface area contributed by atoms with Gasteiger partial charge in [-0.1, -0.05) is 36.7 Å². The summed E-state index contributed by atoms with van der Waals surface area (Å²) in [7, 11) is -1.57. The molecule has 0 unspecified atom stereocenters. The monoisotopic (exact) mass is 416 g/mol. The van der Waals surface area contributed by atoms with E-state index in [-0.39, 0.29) is 28.7 Å². The standard InChI is InChI=1S/C17H21ClN2O4S2/c1-3-4-5-16(21)19-17-20(12-8-11(18)6-7-14(12)24-2)13-9-26(22,23)10-15(13)25-17/h6-8,13,15H,3-5,9-10H2,1-2H3/t13-,15-/m1/s1. The van der Waals surface area contributed by atoms with Crippen LogP contribution in [0.25, 0.3) is 0 Å². The van der Waals surface area contributed by atoms with Gasteiger partial charge in [-0.25, -0.2) is 8.42 Å². The number of fused-ring (bicyclic) bond motifs is 1. The third kappa shape index (κ3) is 4.02. The van der Waals surface area contributed by atoms with Crippen molar-refractivity contribution in [2.75, 3.05) is 23.5 Å². The minimum absolute atomic E-state index is 0.0303. The van der Waals surface area contributed by atoms with Crippen LogP contribution in [-0.4, -0.2) is 49.4 Å². The van der Waals surface area contributed by atoms with Crippen LogP contribution in [0.2, 0.25) is 5.02 Å². The number of amides is 1. The van der Waals surface area contributed by atoms with E-state index >= 15 is 0 Å². The quantitative estimate of drug-likeness (QED) is 0.733. The summed E-state index contributed by atoms with van der Waals surface area (Å²) in [5, 5.41) is 0.879. The van der Waals surface area contributed by atoms with Gasteiger partial charge in [-0.3, -0.25) is 4.79 Å². The maximum absolute atomic E-state index is 12.2. The highest BCUT2D eigenvalue weighted by Gasteiger charge is 2.50. The van der Waals surface area contributed by atoms with Gasteiger partial charge in [-0.2, -0.15) is 4.99 Å². The lowest BCUT2D eigenvalue weighted by molar-refractivity contribution is -0.117. The van der Waals surface area contributed by atoms with E-state index in [9.17, 15) is 13.2 Å². The number of anilines is 1. The Bertz CT molecular complexity index is 841. The molecule has 2 aliphatic rings. The molecule has 6 nitrogen and oxygen atoms in total. The smallest absolute Gasteiger partial charge is 0.248 e. The van der Waals surface area contributed by atoms with Crippen LogP contribution in [0, 0.1) is 0 Å². The molecule has 1 amide bonds. The van der Waals surface area contributed by atoms with Crippen LogP contribution in [0.5, 0.6) is 5.75 Å². The van der Waals surface area contributed by atoms with Crippen molar-refractivity contribution in [3.05, 3.63) is 23.2 Å². The number of methoxy groups -OCH3 is 1. The zero-order valence-electron chi connectivity index (χ0n) is 14.6. The molecule has 0 saturated carbocycles. The zero-order valence-corrected chi connectivity index (χ0v) is 17.0. The number of carbonyl (C=O) groups is 1. The van der Waals surface area contributed by atoms with Crippen molar-refractivity contribution >= 4 is 50.0 Å². The number of halogens is 1. The molecule has 2 atom stereocenters. The minimum atomic E-state index is -3.12. The normalized spacial score (nSPS) is 25.5. The van der Waals surface area contributed by atoms with Crippen LogP contribution in [0.1, 0.15) is 26.2 Å². The van der Waals surface area contributed by atoms with Crippen LogP contribution < -0.4 is 9.64 Å². The molecule has 2 aliphatic heterocycles. The number of hydrogen-bond acceptors (Lipinski definition) is 5. The predicted octanol–water partition coefficient (Wildman–Crippen LogP) is 3.14. The molecule has 0 bridgehead atoms. The molecule has 3 rings (SSSR count). The van der Waals surface area contributed by atoms with E-state index in [1.807, 2.05) is 11.8 Å². The molecule has 9 heteroatoms. The van der Waals surface area contributed by atoms with Gasteiger partial charge in [0.1, 0.15) is 5.75 Å². The Balaban J connectivity index is 2.02. The van der Waals surface area contributed by atoms with Crippen molar-refractivity contribution in [2.45, 2.75) is 37.5 Å². The van der Waals surface area contributed by atoms with Gasteiger partial charge in [0, 0.05) is 16.7 Å². The molecular formula is C17H21ClN2O4S2. The molecule has 26 heavy (non-hydrogen) atoms. The number of thioether (sulfide) groups is 1. The SMILES string of the molecule is CCCCC(=O)N=C1S[C@@H]2CS(=O)(=O)C[C@H]2N1c1cc(Cl)ccc1OC. The number of hydrogen-bond donors (Lipinski definition) is 0. The van der Waals surface area contributed by atoms with Crippen molar-refractivity contribution in [2.24, 2.45) is 4.99 Å². The molecule has 1 aromatic carbocycles. The van der Waals surface area contributed by atoms with Gasteiger partial charge < -0.3 is 9.64 Å². The van der Waals surface area contributed by atoms with Gasteiger partial charge in [0.15, 0.2) is 15.0 Å². The third-order valence-electron chi connectivity index (χ3n) is 4.43. The number of aliphatic imine (C=N–C) groups is 1. The Morgan fingerprint density at radius 3 is 2.88 bits per heavy atom. The fraction of sp³-hybridized carbons (Fsp3) is 0.529. The van der Waals surface area contributed by atoms with E-state index in [1.165, 1.54) is 11.8 Å². The van der Waals surface area contributed by atoms with Crippen LogP contribution in [0.3, 0.4) is 0 Å². The fourth-order valence-electron chi connectivity index (χ4n) is 3.19. The Morgan fingerprint density at radius 2 is 2.19 bits per heavy atom. The van der Waals surface area contributed by atoms with Gasteiger partial charge in [-0.15, -0.1) is 0 Å². The highest BCUT2D eigenvalue weighted by Crippen LogP contribution is 2.44. The number of ether oxygens (including phenoxy) is 1. The second-order valence-electron chi connectivity index (χ2n) is 6.38. The lowest BCUT2D eigenvalue weighted by Crippen LogP contribution is -2.38. The second kappa shape index (κ2) is 7.78. The van der Waals surface area contributed by atoms with Crippen molar-refractivity contribution in [1.29, 1.82) is 0 Å². The van der Waals surface area contributed by atoms with Crippen LogP contribution in [0.4, 0.5) is 5.69 Å². The second-order valence-corrected chi connectivity index (χ2v) is 10.2. The number of amidine groups is 1. The van der Waals surface area contributed by atoms with Crippen molar-refractivity contribution < 1.29 is 17.9 Å². The highest BCUT2D eigenvalue weighted by molar-refractivity contribution is 8.16. The Morgan fingerprint density at radius 1 is 1.42 bits per heavy atom. The number of rotatable bonds is 5. The van der Waals surface area contributed by atoms with Gasteiger partial charge in [0.2, 0.25) is 5.91 Å². The summed E-state index contributed by atoms with van der Waals surface area (Å²) in [5.41, 5.74) is 0.638. The van der Waals surface area contributed by atoms with Crippen molar-refractivity contribution in [3.8, 4) is 5.75 Å². The van der Waals surface area contributed by atoms with Crippen molar-refractivity contribution in [1.82, 2.24) is 0 Å². The van der Waals surface area contributed by atoms with E-state index in [0.29, 0.717) is 28.0 Å². The fourth-order valence-corrected chi connectivity index (χ4v) is 7.28. The Hall–Kier alpha value is -1.25. The summed E-state index contributed by atoms with van der Waals surface area (Å²) in [6, 6.07) is 4.88. The molecule has 0 spiro atoms. The lowest BCUT2D eigenvalue weighted by atomic mass is 10.2. The maximum Gasteiger partial charge on any atom is 0.248 e. The summed E-state index contributed by atoms with van der Waals surface area (Å²) in [4.78, 5) is 18.3. The van der Waals surface area contributed by atoms with E-state index in [2.05, 4.69) is 4.99 Å². The predicted molar refractivity (Wildman–Crippen MR) is 106 cm³/mol. The summed E-state index contributed by atoms with van der Waals surface area (Å²) in [6.07, 6.45) is 2.08. The summed E-state index contributed by atoms with van der Waals surface area (Å²) in [6.45, 7) is 2.02. The molecule has 2 heterocycles. The Labute approximate surface area is 162 Å². The first-order valence-corrected chi connectivity index (χ1v) is 11.5. The first-order valence-electron chi connectivity index (χ1n) is 8.46. The summed E-state index contributed by atoms with van der Waals surface area (Å²) < 4.78 is 29.6. The maximum atomic E-state index is 12.2. The van der Waals surface area contributed by atoms with Gasteiger partial charge in [0.05, 0.1) is 30.3 Å². The average Bonchev–Trinajstić information content (AvgIpc) is 3.03. The number of benzene rings is 1. The topological polar surface area (TPSA) is 76.0 Å². The third-order valence-corrected chi connectivity index (χ3v) is 7.88. The molecule has 2 saturated heterocycles. The average molecular weight is 417 g/mol. The first kappa shape index (κ1) is 19.5. The molecule has 0 aromatic heterocycles. The van der Waals surface area contributed by atoms with Gasteiger partial charge >= 0.3 is 0 Å². The Kier molecular flexibility index (Phi) is 5.84. The number of sulfone groups is 1. The molecule has 142 valence electrons. The highest BCUT2D eigenvalue weighted by atomic mass is 35.5. The van der Waals surface area contributed by atoms with Crippen LogP contribution in [-0.2, 0) is 14.6 Å². The molecular weight excluding hydrogens is 396 g/mol. The van der Waals surface area contributed by atoms with E-state index in [0.717, 1.165) is 12.8 Å². The lowest BCUT2D eigenvalue weighted by Gasteiger charge is -2.26. The molecule has 2 fully saturated rings. The van der Waals surface area contributed by atoms with E-state index in [1.54, 1.807) is 25.3 Å². The number of nitrogens with zero attached hydrogens (tertiary/aromatic N) is 2. The van der Waals surface area contributed by atoms with Gasteiger partial charge in [-0.05, 0) is 24.6 Å². The number of carbonyl (C=O) groups excluding carboxylic acids is 1. The van der Waals surface area contributed by atoms with Crippen LogP contribution in [0.15, 0.2) is 23.2 Å². The number of unbranched alkanes of at least 4 members (excludes halogenated alkanes) is 1. The zero-order chi connectivity index (χ0) is 18.9. The van der Waals surface area contributed by atoms with E-state index in [4.69, 9.17) is 16.3 Å². The summed E-state index contributed by atoms with van der Waals surface area (Å²) >= 11 is 7.51. The summed E-state index contributed by atoms with van der Waals surface area (Å²) in [5.74, 6) is 0.490.